The fourth-order valence-corrected chi connectivity index (χ4v) is 10.0. The molecule has 1 atom stereocenters. The second-order valence-corrected chi connectivity index (χ2v) is 14.0. The Bertz CT molecular complexity index is 2390. The zero-order valence-corrected chi connectivity index (χ0v) is 26.9. The van der Waals surface area contributed by atoms with E-state index >= 15 is 0 Å². The molecule has 0 saturated heterocycles. The third-order valence-corrected chi connectivity index (χ3v) is 12.1. The molecule has 0 saturated carbocycles. The first-order valence-corrected chi connectivity index (χ1v) is 17.3. The van der Waals surface area contributed by atoms with Gasteiger partial charge in [0.2, 0.25) is 0 Å². The highest BCUT2D eigenvalue weighted by Gasteiger charge is 2.52. The van der Waals surface area contributed by atoms with Gasteiger partial charge in [0.15, 0.2) is 0 Å². The Kier molecular flexibility index (Phi) is 5.66. The number of benzene rings is 5. The number of hydrogen-bond donors (Lipinski definition) is 1. The lowest BCUT2D eigenvalue weighted by Gasteiger charge is -2.41. The summed E-state index contributed by atoms with van der Waals surface area (Å²) in [4.78, 5) is 1.42. The molecule has 3 heterocycles. The summed E-state index contributed by atoms with van der Waals surface area (Å²) >= 11 is 1.99. The molecule has 2 aliphatic heterocycles. The average Bonchev–Trinajstić information content (AvgIpc) is 3.79. The van der Waals surface area contributed by atoms with Crippen LogP contribution < -0.4 is 5.73 Å². The predicted molar refractivity (Wildman–Crippen MR) is 197 cm³/mol. The van der Waals surface area contributed by atoms with Gasteiger partial charge < -0.3 is 10.3 Å². The highest BCUT2D eigenvalue weighted by atomic mass is 32.2. The number of para-hydroxylation sites is 1. The Morgan fingerprint density at radius 3 is 2.23 bits per heavy atom. The lowest BCUT2D eigenvalue weighted by atomic mass is 9.65. The minimum absolute atomic E-state index is 0.251. The third kappa shape index (κ3) is 3.37. The number of fused-ring (bicyclic) bond motifs is 14. The molecule has 6 aromatic rings. The van der Waals surface area contributed by atoms with Crippen molar-refractivity contribution in [3.8, 4) is 16.8 Å². The van der Waals surface area contributed by atoms with Crippen LogP contribution in [0.15, 0.2) is 150 Å². The topological polar surface area (TPSA) is 30.9 Å². The molecule has 2 nitrogen and oxygen atoms in total. The first-order valence-electron chi connectivity index (χ1n) is 16.4. The zero-order chi connectivity index (χ0) is 31.3. The maximum absolute atomic E-state index is 6.20. The summed E-state index contributed by atoms with van der Waals surface area (Å²) in [6.45, 7) is 2.09. The van der Waals surface area contributed by atoms with Gasteiger partial charge in [-0.25, -0.2) is 0 Å². The minimum atomic E-state index is -0.394. The van der Waals surface area contributed by atoms with E-state index < -0.39 is 5.41 Å². The van der Waals surface area contributed by atoms with E-state index in [1.165, 1.54) is 71.7 Å². The quantitative estimate of drug-likeness (QED) is 0.199. The second kappa shape index (κ2) is 9.87. The van der Waals surface area contributed by atoms with Gasteiger partial charge in [-0.15, -0.1) is 11.8 Å². The van der Waals surface area contributed by atoms with Crippen molar-refractivity contribution >= 4 is 34.3 Å². The monoisotopic (exact) mass is 620 g/mol. The lowest BCUT2D eigenvalue weighted by molar-refractivity contribution is 0.736. The Morgan fingerprint density at radius 1 is 0.830 bits per heavy atom. The van der Waals surface area contributed by atoms with Crippen LogP contribution in [-0.4, -0.2) is 4.57 Å². The van der Waals surface area contributed by atoms with Gasteiger partial charge >= 0.3 is 0 Å². The van der Waals surface area contributed by atoms with Crippen LogP contribution in [0.2, 0.25) is 0 Å². The van der Waals surface area contributed by atoms with Gasteiger partial charge in [0.05, 0.1) is 21.9 Å². The van der Waals surface area contributed by atoms with Crippen LogP contribution in [0.25, 0.3) is 39.4 Å². The molecule has 47 heavy (non-hydrogen) atoms. The van der Waals surface area contributed by atoms with Crippen molar-refractivity contribution in [3.63, 3.8) is 0 Å². The molecule has 1 spiro atoms. The van der Waals surface area contributed by atoms with Crippen LogP contribution in [0.3, 0.4) is 0 Å². The van der Waals surface area contributed by atoms with Crippen molar-refractivity contribution in [1.82, 2.24) is 4.57 Å². The zero-order valence-electron chi connectivity index (χ0n) is 26.1. The van der Waals surface area contributed by atoms with E-state index in [1.807, 2.05) is 17.8 Å². The van der Waals surface area contributed by atoms with E-state index in [0.29, 0.717) is 0 Å². The molecule has 2 N–H and O–H groups in total. The van der Waals surface area contributed by atoms with Crippen LogP contribution in [-0.2, 0) is 11.8 Å². The van der Waals surface area contributed by atoms with E-state index in [-0.39, 0.29) is 5.25 Å². The van der Waals surface area contributed by atoms with E-state index in [1.54, 1.807) is 6.20 Å². The first kappa shape index (κ1) is 26.9. The number of thioether (sulfide) groups is 1. The molecule has 10 rings (SSSR count). The summed E-state index contributed by atoms with van der Waals surface area (Å²) in [5.41, 5.74) is 24.3. The molecule has 0 radical (unpaired) electrons. The van der Waals surface area contributed by atoms with Crippen molar-refractivity contribution in [1.29, 1.82) is 0 Å². The van der Waals surface area contributed by atoms with Crippen molar-refractivity contribution in [2.75, 3.05) is 0 Å². The highest BCUT2D eigenvalue weighted by Crippen LogP contribution is 2.65. The summed E-state index contributed by atoms with van der Waals surface area (Å²) < 4.78 is 2.60. The number of nitrogens with zero attached hydrogens (tertiary/aromatic N) is 1. The molecule has 0 amide bonds. The van der Waals surface area contributed by atoms with Gasteiger partial charge in [0.25, 0.3) is 0 Å². The van der Waals surface area contributed by atoms with Crippen LogP contribution in [0.5, 0.6) is 0 Å². The van der Waals surface area contributed by atoms with E-state index in [2.05, 4.69) is 145 Å². The van der Waals surface area contributed by atoms with Crippen LogP contribution in [0.4, 0.5) is 0 Å². The van der Waals surface area contributed by atoms with Crippen molar-refractivity contribution in [2.24, 2.45) is 5.73 Å². The molecule has 1 unspecified atom stereocenters. The van der Waals surface area contributed by atoms with Gasteiger partial charge in [-0.1, -0.05) is 127 Å². The molecule has 224 valence electrons. The van der Waals surface area contributed by atoms with Crippen molar-refractivity contribution in [3.05, 3.63) is 190 Å². The van der Waals surface area contributed by atoms with Crippen molar-refractivity contribution < 1.29 is 0 Å². The molecule has 1 aromatic heterocycles. The smallest absolute Gasteiger partial charge is 0.0754 e. The van der Waals surface area contributed by atoms with Gasteiger partial charge in [-0.05, 0) is 69.1 Å². The van der Waals surface area contributed by atoms with Gasteiger partial charge in [-0.2, -0.15) is 0 Å². The fourth-order valence-electron chi connectivity index (χ4n) is 8.85. The van der Waals surface area contributed by atoms with Gasteiger partial charge in [0, 0.05) is 39.7 Å². The molecular formula is C44H32N2S. The third-order valence-electron chi connectivity index (χ3n) is 10.7. The number of allylic oxidation sites excluding steroid dienone is 5. The van der Waals surface area contributed by atoms with Gasteiger partial charge in [0.1, 0.15) is 0 Å². The maximum Gasteiger partial charge on any atom is 0.0754 e. The van der Waals surface area contributed by atoms with E-state index in [4.69, 9.17) is 5.73 Å². The molecule has 3 heteroatoms. The highest BCUT2D eigenvalue weighted by molar-refractivity contribution is 8.01. The van der Waals surface area contributed by atoms with Crippen LogP contribution in [0, 0.1) is 0 Å². The maximum atomic E-state index is 6.20. The summed E-state index contributed by atoms with van der Waals surface area (Å²) in [7, 11) is 0. The van der Waals surface area contributed by atoms with E-state index in [9.17, 15) is 0 Å². The molecular weight excluding hydrogens is 589 g/mol. The Hall–Kier alpha value is -5.25. The van der Waals surface area contributed by atoms with E-state index in [0.717, 1.165) is 23.1 Å². The predicted octanol–water partition coefficient (Wildman–Crippen LogP) is 10.5. The standard InChI is InChI=1S/C44H32N2S/c1-2-27(33(26-45)28-13-4-3-5-14-28)23-24-40-32-25-37-42-41(43(32)47-40)31-17-12-22-38(31)46(42)39-21-11-10-20-36(39)44(37)34-18-8-6-15-29(34)30-16-7-9-19-35(30)44/h2-21,23-26,40H,22,45H2,1H3/b24-23-,27-2+,33-26+. The molecule has 4 aliphatic rings. The van der Waals surface area contributed by atoms with Crippen molar-refractivity contribution in [2.45, 2.75) is 28.9 Å². The Labute approximate surface area is 279 Å². The molecule has 0 bridgehead atoms. The minimum Gasteiger partial charge on any atom is -0.404 e. The van der Waals surface area contributed by atoms with Gasteiger partial charge in [-0.3, -0.25) is 0 Å². The fraction of sp³-hybridized carbons (Fsp3) is 0.0909. The largest absolute Gasteiger partial charge is 0.404 e. The number of aromatic nitrogens is 1. The average molecular weight is 621 g/mol. The Balaban J connectivity index is 1.23. The number of hydrogen-bond acceptors (Lipinski definition) is 2. The number of nitrogens with two attached hydrogens (primary N) is 1. The molecule has 2 aliphatic carbocycles. The molecule has 5 aromatic carbocycles. The normalized spacial score (nSPS) is 17.9. The van der Waals surface area contributed by atoms with Crippen LogP contribution in [0.1, 0.15) is 56.8 Å². The summed E-state index contributed by atoms with van der Waals surface area (Å²) in [6, 6.07) is 40.3. The molecule has 0 fully saturated rings. The Morgan fingerprint density at radius 2 is 1.51 bits per heavy atom. The van der Waals surface area contributed by atoms with Crippen LogP contribution >= 0.6 is 11.8 Å². The SMILES string of the molecule is C/C=C(\C=C/C1Sc2c1cc1c3c2c2c(n3-c3ccccc3C13c1ccccc1-c1ccccc13)CC=C2)C(=C\N)/c1ccccc1. The summed E-state index contributed by atoms with van der Waals surface area (Å²) in [6.07, 6.45) is 14.2. The summed E-state index contributed by atoms with van der Waals surface area (Å²) in [5, 5.41) is 1.67. The second-order valence-electron chi connectivity index (χ2n) is 12.8. The summed E-state index contributed by atoms with van der Waals surface area (Å²) in [5.74, 6) is 0. The first-order chi connectivity index (χ1) is 23.3. The number of rotatable bonds is 4. The lowest BCUT2D eigenvalue weighted by Crippen LogP contribution is -2.34.